The van der Waals surface area contributed by atoms with Crippen LogP contribution in [0.25, 0.3) is 0 Å². The highest BCUT2D eigenvalue weighted by atomic mass is 16.5. The molecule has 2 amide bonds. The maximum atomic E-state index is 13.1. The number of carbonyl (C=O) groups excluding carboxylic acids is 2. The Hall–Kier alpha value is -2.60. The van der Waals surface area contributed by atoms with E-state index in [1.807, 2.05) is 37.3 Å². The number of anilines is 1. The Kier molecular flexibility index (Phi) is 4.74. The Morgan fingerprint density at radius 2 is 1.85 bits per heavy atom. The summed E-state index contributed by atoms with van der Waals surface area (Å²) < 4.78 is 11.0. The van der Waals surface area contributed by atoms with Gasteiger partial charge in [-0.1, -0.05) is 18.2 Å². The van der Waals surface area contributed by atoms with Crippen LogP contribution in [0.3, 0.4) is 0 Å². The van der Waals surface area contributed by atoms with E-state index in [4.69, 9.17) is 9.15 Å². The van der Waals surface area contributed by atoms with Crippen molar-refractivity contribution in [1.29, 1.82) is 0 Å². The number of para-hydroxylation sites is 1. The first-order valence-electron chi connectivity index (χ1n) is 9.37. The second kappa shape index (κ2) is 7.19. The summed E-state index contributed by atoms with van der Waals surface area (Å²) in [4.78, 5) is 27.7. The zero-order chi connectivity index (χ0) is 18.9. The first-order chi connectivity index (χ1) is 13.1. The molecule has 4 rings (SSSR count). The maximum absolute atomic E-state index is 13.1. The standard InChI is InChI=1S/C21H24N2O4/c1-15-7-8-18(27-15)20(25)23-13-17(21(14-23)9-11-26-12-10-21)19(24)22-16-5-3-2-4-6-16/h2-8,17H,9-14H2,1H3,(H,22,24). The summed E-state index contributed by atoms with van der Waals surface area (Å²) in [5, 5.41) is 3.02. The molecule has 0 bridgehead atoms. The van der Waals surface area contributed by atoms with Gasteiger partial charge in [-0.3, -0.25) is 9.59 Å². The number of benzene rings is 1. The van der Waals surface area contributed by atoms with E-state index in [9.17, 15) is 9.59 Å². The molecule has 142 valence electrons. The Morgan fingerprint density at radius 1 is 1.11 bits per heavy atom. The van der Waals surface area contributed by atoms with Crippen LogP contribution in [0.4, 0.5) is 5.69 Å². The van der Waals surface area contributed by atoms with Crippen molar-refractivity contribution in [3.05, 3.63) is 54.0 Å². The molecule has 2 aliphatic heterocycles. The van der Waals surface area contributed by atoms with Crippen molar-refractivity contribution >= 4 is 17.5 Å². The van der Waals surface area contributed by atoms with Crippen LogP contribution in [-0.2, 0) is 9.53 Å². The third-order valence-electron chi connectivity index (χ3n) is 5.73. The lowest BCUT2D eigenvalue weighted by atomic mass is 9.71. The Bertz CT molecular complexity index is 824. The lowest BCUT2D eigenvalue weighted by Gasteiger charge is -2.37. The Balaban J connectivity index is 1.56. The van der Waals surface area contributed by atoms with E-state index in [1.165, 1.54) is 0 Å². The zero-order valence-corrected chi connectivity index (χ0v) is 15.4. The lowest BCUT2D eigenvalue weighted by Crippen LogP contribution is -2.42. The predicted molar refractivity (Wildman–Crippen MR) is 100 cm³/mol. The number of furan rings is 1. The number of aryl methyl sites for hydroxylation is 1. The molecule has 1 N–H and O–H groups in total. The third kappa shape index (κ3) is 3.49. The number of hydrogen-bond donors (Lipinski definition) is 1. The summed E-state index contributed by atoms with van der Waals surface area (Å²) in [5.41, 5.74) is 0.533. The molecule has 2 saturated heterocycles. The van der Waals surface area contributed by atoms with Gasteiger partial charge in [0.25, 0.3) is 5.91 Å². The van der Waals surface area contributed by atoms with Crippen LogP contribution < -0.4 is 5.32 Å². The van der Waals surface area contributed by atoms with Gasteiger partial charge in [0.2, 0.25) is 5.91 Å². The van der Waals surface area contributed by atoms with Gasteiger partial charge in [0.15, 0.2) is 5.76 Å². The molecule has 0 radical (unpaired) electrons. The largest absolute Gasteiger partial charge is 0.456 e. The molecule has 1 atom stereocenters. The number of rotatable bonds is 3. The minimum absolute atomic E-state index is 0.0333. The van der Waals surface area contributed by atoms with E-state index in [0.29, 0.717) is 37.8 Å². The maximum Gasteiger partial charge on any atom is 0.289 e. The zero-order valence-electron chi connectivity index (χ0n) is 15.4. The number of carbonyl (C=O) groups is 2. The fourth-order valence-electron chi connectivity index (χ4n) is 4.23. The molecular formula is C21H24N2O4. The van der Waals surface area contributed by atoms with Crippen LogP contribution in [0, 0.1) is 18.3 Å². The van der Waals surface area contributed by atoms with Gasteiger partial charge in [0.05, 0.1) is 5.92 Å². The molecule has 2 fully saturated rings. The number of likely N-dealkylation sites (tertiary alicyclic amines) is 1. The molecule has 1 aromatic carbocycles. The van der Waals surface area contributed by atoms with E-state index in [1.54, 1.807) is 17.0 Å². The molecule has 2 aromatic rings. The number of ether oxygens (including phenoxy) is 1. The summed E-state index contributed by atoms with van der Waals surface area (Å²) >= 11 is 0. The Morgan fingerprint density at radius 3 is 2.52 bits per heavy atom. The van der Waals surface area contributed by atoms with Crippen LogP contribution in [0.5, 0.6) is 0 Å². The van der Waals surface area contributed by atoms with Gasteiger partial charge in [-0.15, -0.1) is 0 Å². The molecule has 0 aliphatic carbocycles. The topological polar surface area (TPSA) is 71.8 Å². The van der Waals surface area contributed by atoms with E-state index < -0.39 is 0 Å². The third-order valence-corrected chi connectivity index (χ3v) is 5.73. The molecule has 1 spiro atoms. The molecule has 0 saturated carbocycles. The average molecular weight is 368 g/mol. The van der Waals surface area contributed by atoms with Crippen molar-refractivity contribution in [3.8, 4) is 0 Å². The Labute approximate surface area is 158 Å². The van der Waals surface area contributed by atoms with Crippen LogP contribution in [0.15, 0.2) is 46.9 Å². The molecule has 1 unspecified atom stereocenters. The SMILES string of the molecule is Cc1ccc(C(=O)N2CC(C(=O)Nc3ccccc3)C3(CCOCC3)C2)o1. The molecule has 2 aliphatic rings. The van der Waals surface area contributed by atoms with Crippen molar-refractivity contribution in [2.24, 2.45) is 11.3 Å². The second-order valence-corrected chi connectivity index (χ2v) is 7.48. The van der Waals surface area contributed by atoms with Crippen molar-refractivity contribution in [3.63, 3.8) is 0 Å². The fraction of sp³-hybridized carbons (Fsp3) is 0.429. The minimum atomic E-state index is -0.262. The normalized spacial score (nSPS) is 21.4. The average Bonchev–Trinajstić information content (AvgIpc) is 3.27. The summed E-state index contributed by atoms with van der Waals surface area (Å²) in [6.45, 7) is 4.02. The van der Waals surface area contributed by atoms with Crippen LogP contribution in [0.1, 0.15) is 29.2 Å². The number of nitrogens with one attached hydrogen (secondary N) is 1. The van der Waals surface area contributed by atoms with Gasteiger partial charge < -0.3 is 19.4 Å². The highest BCUT2D eigenvalue weighted by Gasteiger charge is 2.52. The van der Waals surface area contributed by atoms with E-state index in [0.717, 1.165) is 18.5 Å². The number of hydrogen-bond acceptors (Lipinski definition) is 4. The highest BCUT2D eigenvalue weighted by Crippen LogP contribution is 2.45. The molecular weight excluding hydrogens is 344 g/mol. The summed E-state index contributed by atoms with van der Waals surface area (Å²) in [7, 11) is 0. The van der Waals surface area contributed by atoms with Crippen molar-refractivity contribution in [2.75, 3.05) is 31.6 Å². The van der Waals surface area contributed by atoms with Crippen LogP contribution in [0.2, 0.25) is 0 Å². The van der Waals surface area contributed by atoms with Crippen LogP contribution >= 0.6 is 0 Å². The summed E-state index contributed by atoms with van der Waals surface area (Å²) in [6.07, 6.45) is 1.56. The van der Waals surface area contributed by atoms with E-state index >= 15 is 0 Å². The van der Waals surface area contributed by atoms with Gasteiger partial charge in [-0.05, 0) is 44.0 Å². The van der Waals surface area contributed by atoms with Gasteiger partial charge in [0, 0.05) is 37.4 Å². The first-order valence-corrected chi connectivity index (χ1v) is 9.37. The fourth-order valence-corrected chi connectivity index (χ4v) is 4.23. The first kappa shape index (κ1) is 17.8. The van der Waals surface area contributed by atoms with Crippen LogP contribution in [-0.4, -0.2) is 43.0 Å². The highest BCUT2D eigenvalue weighted by molar-refractivity contribution is 5.96. The predicted octanol–water partition coefficient (Wildman–Crippen LogP) is 3.10. The number of amides is 2. The molecule has 6 nitrogen and oxygen atoms in total. The molecule has 3 heterocycles. The lowest BCUT2D eigenvalue weighted by molar-refractivity contribution is -0.124. The molecule has 27 heavy (non-hydrogen) atoms. The van der Waals surface area contributed by atoms with Gasteiger partial charge in [-0.2, -0.15) is 0 Å². The number of nitrogens with zero attached hydrogens (tertiary/aromatic N) is 1. The van der Waals surface area contributed by atoms with Crippen molar-refractivity contribution in [1.82, 2.24) is 4.90 Å². The van der Waals surface area contributed by atoms with E-state index in [-0.39, 0.29) is 23.1 Å². The monoisotopic (exact) mass is 368 g/mol. The van der Waals surface area contributed by atoms with Gasteiger partial charge in [-0.25, -0.2) is 0 Å². The molecule has 1 aromatic heterocycles. The smallest absolute Gasteiger partial charge is 0.289 e. The van der Waals surface area contributed by atoms with E-state index in [2.05, 4.69) is 5.32 Å². The van der Waals surface area contributed by atoms with Gasteiger partial charge >= 0.3 is 0 Å². The van der Waals surface area contributed by atoms with Crippen molar-refractivity contribution in [2.45, 2.75) is 19.8 Å². The van der Waals surface area contributed by atoms with Gasteiger partial charge in [0.1, 0.15) is 5.76 Å². The summed E-state index contributed by atoms with van der Waals surface area (Å²) in [5.74, 6) is 0.593. The second-order valence-electron chi connectivity index (χ2n) is 7.48. The minimum Gasteiger partial charge on any atom is -0.456 e. The van der Waals surface area contributed by atoms with Crippen molar-refractivity contribution < 1.29 is 18.7 Å². The summed E-state index contributed by atoms with van der Waals surface area (Å²) in [6, 6.07) is 12.9. The molecule has 6 heteroatoms. The quantitative estimate of drug-likeness (QED) is 0.904.